The van der Waals surface area contributed by atoms with Gasteiger partial charge in [-0.15, -0.1) is 5.10 Å². The first-order chi connectivity index (χ1) is 10.1. The highest BCUT2D eigenvalue weighted by Crippen LogP contribution is 2.31. The summed E-state index contributed by atoms with van der Waals surface area (Å²) in [5.41, 5.74) is 5.08. The lowest BCUT2D eigenvalue weighted by Crippen LogP contribution is -2.36. The minimum atomic E-state index is -1.04. The van der Waals surface area contributed by atoms with Gasteiger partial charge in [-0.25, -0.2) is 9.67 Å². The maximum atomic E-state index is 11.0. The van der Waals surface area contributed by atoms with Crippen LogP contribution in [0, 0.1) is 0 Å². The first-order valence-corrected chi connectivity index (χ1v) is 6.34. The molecular formula is C11H18N4O6. The summed E-state index contributed by atoms with van der Waals surface area (Å²) in [7, 11) is 1.52. The number of ether oxygens (including phenoxy) is 3. The molecule has 0 aliphatic carbocycles. The molecule has 1 fully saturated rings. The lowest BCUT2D eigenvalue weighted by atomic mass is 10.1. The Morgan fingerprint density at radius 3 is 2.90 bits per heavy atom. The van der Waals surface area contributed by atoms with Crippen LogP contribution in [0.3, 0.4) is 0 Å². The van der Waals surface area contributed by atoms with Crippen molar-refractivity contribution >= 4 is 5.91 Å². The maximum absolute atomic E-state index is 11.0. The molecule has 1 amide bonds. The molecule has 2 heterocycles. The van der Waals surface area contributed by atoms with E-state index in [1.807, 2.05) is 0 Å². The highest BCUT2D eigenvalue weighted by atomic mass is 16.6. The van der Waals surface area contributed by atoms with Crippen molar-refractivity contribution in [1.82, 2.24) is 14.8 Å². The number of hydrogen-bond acceptors (Lipinski definition) is 8. The van der Waals surface area contributed by atoms with Gasteiger partial charge in [-0.05, 0) is 0 Å². The number of aromatic nitrogens is 3. The van der Waals surface area contributed by atoms with Gasteiger partial charge in [0.15, 0.2) is 6.23 Å². The van der Waals surface area contributed by atoms with Crippen LogP contribution < -0.4 is 5.73 Å². The van der Waals surface area contributed by atoms with Crippen molar-refractivity contribution in [1.29, 1.82) is 0 Å². The Balaban J connectivity index is 2.14. The predicted octanol–water partition coefficient (Wildman–Crippen LogP) is -2.34. The van der Waals surface area contributed by atoms with Gasteiger partial charge in [0.2, 0.25) is 5.82 Å². The second-order valence-corrected chi connectivity index (χ2v) is 4.48. The third-order valence-electron chi connectivity index (χ3n) is 3.08. The van der Waals surface area contributed by atoms with Crippen molar-refractivity contribution in [3.63, 3.8) is 0 Å². The molecule has 0 aromatic carbocycles. The molecule has 1 aliphatic heterocycles. The molecule has 21 heavy (non-hydrogen) atoms. The number of hydrogen-bond donors (Lipinski definition) is 3. The monoisotopic (exact) mass is 302 g/mol. The Bertz CT molecular complexity index is 481. The van der Waals surface area contributed by atoms with Gasteiger partial charge >= 0.3 is 0 Å². The minimum Gasteiger partial charge on any atom is -0.394 e. The van der Waals surface area contributed by atoms with Crippen LogP contribution >= 0.6 is 0 Å². The van der Waals surface area contributed by atoms with E-state index >= 15 is 0 Å². The topological polar surface area (TPSA) is 142 Å². The highest BCUT2D eigenvalue weighted by Gasteiger charge is 2.45. The summed E-state index contributed by atoms with van der Waals surface area (Å²) < 4.78 is 17.1. The van der Waals surface area contributed by atoms with E-state index in [1.54, 1.807) is 0 Å². The van der Waals surface area contributed by atoms with E-state index < -0.39 is 30.4 Å². The third kappa shape index (κ3) is 3.36. The van der Waals surface area contributed by atoms with E-state index in [0.717, 1.165) is 0 Å². The summed E-state index contributed by atoms with van der Waals surface area (Å²) in [4.78, 5) is 14.8. The molecule has 0 radical (unpaired) electrons. The molecule has 1 saturated heterocycles. The van der Waals surface area contributed by atoms with E-state index in [2.05, 4.69) is 10.1 Å². The SMILES string of the molecule is COCCO[C@H]1C(O)[C@@H](CO)O[C@H]1n1cnc(C(N)=O)n1. The van der Waals surface area contributed by atoms with Crippen molar-refractivity contribution < 1.29 is 29.2 Å². The van der Waals surface area contributed by atoms with E-state index in [-0.39, 0.29) is 19.0 Å². The molecule has 2 rings (SSSR count). The number of methoxy groups -OCH3 is 1. The van der Waals surface area contributed by atoms with Crippen LogP contribution in [0.2, 0.25) is 0 Å². The van der Waals surface area contributed by atoms with E-state index in [4.69, 9.17) is 19.9 Å². The molecule has 4 N–H and O–H groups in total. The number of nitrogens with zero attached hydrogens (tertiary/aromatic N) is 3. The summed E-state index contributed by atoms with van der Waals surface area (Å²) in [6.07, 6.45) is -2.21. The average molecular weight is 302 g/mol. The van der Waals surface area contributed by atoms with Gasteiger partial charge in [0.1, 0.15) is 24.6 Å². The molecule has 0 bridgehead atoms. The van der Waals surface area contributed by atoms with E-state index in [0.29, 0.717) is 6.61 Å². The van der Waals surface area contributed by atoms with Gasteiger partial charge in [-0.1, -0.05) is 0 Å². The quantitative estimate of drug-likeness (QED) is 0.476. The van der Waals surface area contributed by atoms with Crippen LogP contribution in [0.25, 0.3) is 0 Å². The second-order valence-electron chi connectivity index (χ2n) is 4.48. The van der Waals surface area contributed by atoms with Crippen molar-refractivity contribution in [2.45, 2.75) is 24.5 Å². The summed E-state index contributed by atoms with van der Waals surface area (Å²) in [5, 5.41) is 23.2. The van der Waals surface area contributed by atoms with Crippen LogP contribution in [0.4, 0.5) is 0 Å². The largest absolute Gasteiger partial charge is 0.394 e. The van der Waals surface area contributed by atoms with E-state index in [9.17, 15) is 15.0 Å². The summed E-state index contributed by atoms with van der Waals surface area (Å²) in [6, 6.07) is 0. The number of nitrogens with two attached hydrogens (primary N) is 1. The Labute approximate surface area is 120 Å². The van der Waals surface area contributed by atoms with Crippen LogP contribution in [0.5, 0.6) is 0 Å². The number of rotatable bonds is 7. The fourth-order valence-electron chi connectivity index (χ4n) is 2.04. The second kappa shape index (κ2) is 6.91. The fraction of sp³-hybridized carbons (Fsp3) is 0.727. The Kier molecular flexibility index (Phi) is 5.20. The van der Waals surface area contributed by atoms with Gasteiger partial charge in [0.05, 0.1) is 19.8 Å². The molecule has 0 spiro atoms. The van der Waals surface area contributed by atoms with E-state index in [1.165, 1.54) is 18.1 Å². The van der Waals surface area contributed by atoms with Crippen LogP contribution in [-0.4, -0.2) is 76.1 Å². The number of carbonyl (C=O) groups is 1. The normalized spacial score (nSPS) is 28.9. The van der Waals surface area contributed by atoms with Gasteiger partial charge in [0, 0.05) is 7.11 Å². The van der Waals surface area contributed by atoms with Gasteiger partial charge in [0.25, 0.3) is 5.91 Å². The third-order valence-corrected chi connectivity index (χ3v) is 3.08. The number of primary amides is 1. The van der Waals surface area contributed by atoms with Crippen molar-refractivity contribution in [2.24, 2.45) is 5.73 Å². The summed E-state index contributed by atoms with van der Waals surface area (Å²) >= 11 is 0. The summed E-state index contributed by atoms with van der Waals surface area (Å²) in [5.74, 6) is -0.945. The molecule has 1 aliphatic rings. The smallest absolute Gasteiger partial charge is 0.288 e. The Morgan fingerprint density at radius 1 is 1.57 bits per heavy atom. The zero-order chi connectivity index (χ0) is 15.4. The lowest BCUT2D eigenvalue weighted by molar-refractivity contribution is -0.0852. The number of amides is 1. The number of carbonyl (C=O) groups excluding carboxylic acids is 1. The molecule has 118 valence electrons. The lowest BCUT2D eigenvalue weighted by Gasteiger charge is -2.20. The van der Waals surface area contributed by atoms with Crippen molar-refractivity contribution in [3.8, 4) is 0 Å². The molecule has 1 aromatic heterocycles. The molecular weight excluding hydrogens is 284 g/mol. The molecule has 10 nitrogen and oxygen atoms in total. The Morgan fingerprint density at radius 2 is 2.33 bits per heavy atom. The van der Waals surface area contributed by atoms with Gasteiger partial charge < -0.3 is 30.2 Å². The number of aliphatic hydroxyl groups is 2. The predicted molar refractivity (Wildman–Crippen MR) is 67.2 cm³/mol. The first kappa shape index (κ1) is 15.8. The molecule has 1 aromatic rings. The molecule has 10 heteroatoms. The molecule has 4 atom stereocenters. The van der Waals surface area contributed by atoms with Gasteiger partial charge in [-0.3, -0.25) is 4.79 Å². The average Bonchev–Trinajstić information content (AvgIpc) is 3.05. The van der Waals surface area contributed by atoms with Crippen LogP contribution in [0.15, 0.2) is 6.33 Å². The standard InChI is InChI=1S/C11H18N4O6/c1-19-2-3-20-8-7(17)6(4-16)21-11(8)15-5-13-10(14-15)9(12)18/h5-8,11,16-17H,2-4H2,1H3,(H2,12,18)/t6-,7?,8+,11-/m1/s1. The maximum Gasteiger partial charge on any atom is 0.288 e. The number of aliphatic hydroxyl groups excluding tert-OH is 2. The zero-order valence-corrected chi connectivity index (χ0v) is 11.5. The highest BCUT2D eigenvalue weighted by molar-refractivity contribution is 5.88. The van der Waals surface area contributed by atoms with Crippen molar-refractivity contribution in [2.75, 3.05) is 26.9 Å². The minimum absolute atomic E-state index is 0.170. The Hall–Kier alpha value is -1.59. The van der Waals surface area contributed by atoms with Crippen LogP contribution in [0.1, 0.15) is 16.8 Å². The van der Waals surface area contributed by atoms with Crippen LogP contribution in [-0.2, 0) is 14.2 Å². The molecule has 1 unspecified atom stereocenters. The fourth-order valence-corrected chi connectivity index (χ4v) is 2.04. The first-order valence-electron chi connectivity index (χ1n) is 6.34. The van der Waals surface area contributed by atoms with Crippen molar-refractivity contribution in [3.05, 3.63) is 12.2 Å². The molecule has 0 saturated carbocycles. The zero-order valence-electron chi connectivity index (χ0n) is 11.5. The van der Waals surface area contributed by atoms with Gasteiger partial charge in [-0.2, -0.15) is 0 Å². The summed E-state index contributed by atoms with van der Waals surface area (Å²) in [6.45, 7) is 0.191.